The molecule has 0 bridgehead atoms. The van der Waals surface area contributed by atoms with Crippen LogP contribution in [0.1, 0.15) is 36.5 Å². The monoisotopic (exact) mass is 216 g/mol. The Bertz CT molecular complexity index is 374. The first-order chi connectivity index (χ1) is 7.81. The molecule has 0 amide bonds. The first-order valence-electron chi connectivity index (χ1n) is 5.73. The quantitative estimate of drug-likeness (QED) is 0.791. The van der Waals surface area contributed by atoms with Gasteiger partial charge >= 0.3 is 0 Å². The van der Waals surface area contributed by atoms with Crippen molar-refractivity contribution >= 4 is 0 Å². The lowest BCUT2D eigenvalue weighted by molar-refractivity contribution is 0.114. The van der Waals surface area contributed by atoms with Gasteiger partial charge in [0.25, 0.3) is 0 Å². The molecule has 2 N–H and O–H groups in total. The molecular formula is C13H16N2O. The van der Waals surface area contributed by atoms with E-state index < -0.39 is 6.10 Å². The molecule has 1 fully saturated rings. The van der Waals surface area contributed by atoms with Crippen LogP contribution >= 0.6 is 0 Å². The second-order valence-corrected chi connectivity index (χ2v) is 4.24. The first-order valence-corrected chi connectivity index (χ1v) is 5.73. The van der Waals surface area contributed by atoms with Gasteiger partial charge < -0.3 is 10.4 Å². The van der Waals surface area contributed by atoms with Crippen molar-refractivity contribution in [1.29, 1.82) is 5.26 Å². The van der Waals surface area contributed by atoms with Gasteiger partial charge in [0, 0.05) is 6.04 Å². The van der Waals surface area contributed by atoms with Gasteiger partial charge in [-0.25, -0.2) is 0 Å². The van der Waals surface area contributed by atoms with Crippen LogP contribution in [0.15, 0.2) is 24.3 Å². The van der Waals surface area contributed by atoms with Gasteiger partial charge in [0.2, 0.25) is 0 Å². The van der Waals surface area contributed by atoms with Crippen molar-refractivity contribution in [3.63, 3.8) is 0 Å². The van der Waals surface area contributed by atoms with Crippen LogP contribution in [0, 0.1) is 11.3 Å². The third-order valence-corrected chi connectivity index (χ3v) is 3.11. The molecule has 84 valence electrons. The highest BCUT2D eigenvalue weighted by Gasteiger charge is 2.22. The van der Waals surface area contributed by atoms with Crippen LogP contribution in [0.25, 0.3) is 0 Å². The molecule has 1 aliphatic rings. The Labute approximate surface area is 95.7 Å². The van der Waals surface area contributed by atoms with Gasteiger partial charge in [0.05, 0.1) is 17.7 Å². The van der Waals surface area contributed by atoms with E-state index >= 15 is 0 Å². The van der Waals surface area contributed by atoms with Crippen LogP contribution in [-0.2, 0) is 0 Å². The van der Waals surface area contributed by atoms with E-state index in [-0.39, 0.29) is 6.04 Å². The van der Waals surface area contributed by atoms with Crippen molar-refractivity contribution in [2.75, 3.05) is 6.54 Å². The molecule has 1 aromatic carbocycles. The van der Waals surface area contributed by atoms with Crippen molar-refractivity contribution < 1.29 is 5.11 Å². The highest BCUT2D eigenvalue weighted by molar-refractivity contribution is 5.32. The molecule has 1 heterocycles. The van der Waals surface area contributed by atoms with E-state index in [1.165, 1.54) is 12.8 Å². The number of rotatable bonds is 2. The smallest absolute Gasteiger partial charge is 0.0991 e. The van der Waals surface area contributed by atoms with Crippen molar-refractivity contribution in [3.05, 3.63) is 35.4 Å². The van der Waals surface area contributed by atoms with Gasteiger partial charge in [-0.1, -0.05) is 18.6 Å². The minimum atomic E-state index is -0.465. The predicted octanol–water partition coefficient (Wildman–Crippen LogP) is 1.73. The number of hydrogen-bond acceptors (Lipinski definition) is 3. The van der Waals surface area contributed by atoms with E-state index in [2.05, 4.69) is 11.4 Å². The van der Waals surface area contributed by atoms with Crippen molar-refractivity contribution in [2.24, 2.45) is 0 Å². The summed E-state index contributed by atoms with van der Waals surface area (Å²) in [5, 5.41) is 22.2. The highest BCUT2D eigenvalue weighted by Crippen LogP contribution is 2.22. The predicted molar refractivity (Wildman–Crippen MR) is 61.8 cm³/mol. The largest absolute Gasteiger partial charge is 0.387 e. The molecule has 16 heavy (non-hydrogen) atoms. The maximum absolute atomic E-state index is 10.2. The minimum Gasteiger partial charge on any atom is -0.387 e. The molecule has 0 aromatic heterocycles. The molecule has 0 saturated carbocycles. The summed E-state index contributed by atoms with van der Waals surface area (Å²) in [4.78, 5) is 0. The number of aliphatic hydroxyl groups excluding tert-OH is 1. The van der Waals surface area contributed by atoms with Crippen LogP contribution in [-0.4, -0.2) is 17.7 Å². The molecule has 0 spiro atoms. The van der Waals surface area contributed by atoms with Crippen LogP contribution < -0.4 is 5.32 Å². The molecule has 2 unspecified atom stereocenters. The number of benzene rings is 1. The number of piperidine rings is 1. The summed E-state index contributed by atoms with van der Waals surface area (Å²) >= 11 is 0. The Morgan fingerprint density at radius 2 is 2.06 bits per heavy atom. The molecule has 1 aromatic rings. The average Bonchev–Trinajstić information content (AvgIpc) is 2.39. The number of aliphatic hydroxyl groups is 1. The number of nitrogens with one attached hydrogen (secondary N) is 1. The minimum absolute atomic E-state index is 0.154. The van der Waals surface area contributed by atoms with Crippen LogP contribution in [0.3, 0.4) is 0 Å². The summed E-state index contributed by atoms with van der Waals surface area (Å²) < 4.78 is 0. The molecule has 1 aliphatic heterocycles. The SMILES string of the molecule is N#Cc1ccc(C(O)C2CCCCN2)cc1. The second-order valence-electron chi connectivity index (χ2n) is 4.24. The zero-order valence-electron chi connectivity index (χ0n) is 9.19. The third-order valence-electron chi connectivity index (χ3n) is 3.11. The van der Waals surface area contributed by atoms with E-state index in [1.54, 1.807) is 12.1 Å². The van der Waals surface area contributed by atoms with Crippen LogP contribution in [0.2, 0.25) is 0 Å². The summed E-state index contributed by atoms with van der Waals surface area (Å²) in [7, 11) is 0. The normalized spacial score (nSPS) is 22.4. The fraction of sp³-hybridized carbons (Fsp3) is 0.462. The van der Waals surface area contributed by atoms with Crippen LogP contribution in [0.5, 0.6) is 0 Å². The van der Waals surface area contributed by atoms with Gasteiger partial charge in [-0.05, 0) is 37.1 Å². The number of nitrogens with zero attached hydrogens (tertiary/aromatic N) is 1. The molecular weight excluding hydrogens is 200 g/mol. The molecule has 1 saturated heterocycles. The van der Waals surface area contributed by atoms with E-state index in [9.17, 15) is 5.11 Å². The summed E-state index contributed by atoms with van der Waals surface area (Å²) in [6.07, 6.45) is 2.91. The fourth-order valence-electron chi connectivity index (χ4n) is 2.14. The third kappa shape index (κ3) is 2.41. The van der Waals surface area contributed by atoms with Crippen LogP contribution in [0.4, 0.5) is 0 Å². The lowest BCUT2D eigenvalue weighted by Gasteiger charge is -2.28. The van der Waals surface area contributed by atoms with E-state index in [4.69, 9.17) is 5.26 Å². The molecule has 2 atom stereocenters. The Balaban J connectivity index is 2.07. The second kappa shape index (κ2) is 5.11. The Hall–Kier alpha value is -1.37. The number of nitriles is 1. The molecule has 2 rings (SSSR count). The zero-order chi connectivity index (χ0) is 11.4. The van der Waals surface area contributed by atoms with Gasteiger partial charge in [-0.3, -0.25) is 0 Å². The topological polar surface area (TPSA) is 56.0 Å². The summed E-state index contributed by atoms with van der Waals surface area (Å²) in [6.45, 7) is 0.984. The highest BCUT2D eigenvalue weighted by atomic mass is 16.3. The summed E-state index contributed by atoms with van der Waals surface area (Å²) in [5.74, 6) is 0. The Morgan fingerprint density at radius 1 is 1.31 bits per heavy atom. The fourth-order valence-corrected chi connectivity index (χ4v) is 2.14. The molecule has 0 radical (unpaired) electrons. The Kier molecular flexibility index (Phi) is 3.55. The van der Waals surface area contributed by atoms with Crippen molar-refractivity contribution in [2.45, 2.75) is 31.4 Å². The maximum Gasteiger partial charge on any atom is 0.0991 e. The average molecular weight is 216 g/mol. The summed E-state index contributed by atoms with van der Waals surface area (Å²) in [6, 6.07) is 9.40. The maximum atomic E-state index is 10.2. The van der Waals surface area contributed by atoms with Gasteiger partial charge in [-0.15, -0.1) is 0 Å². The van der Waals surface area contributed by atoms with Crippen molar-refractivity contribution in [1.82, 2.24) is 5.32 Å². The van der Waals surface area contributed by atoms with E-state index in [0.29, 0.717) is 5.56 Å². The summed E-state index contributed by atoms with van der Waals surface area (Å²) in [5.41, 5.74) is 1.52. The van der Waals surface area contributed by atoms with E-state index in [1.807, 2.05) is 12.1 Å². The Morgan fingerprint density at radius 3 is 2.62 bits per heavy atom. The lowest BCUT2D eigenvalue weighted by atomic mass is 9.94. The van der Waals surface area contributed by atoms with Crippen molar-refractivity contribution in [3.8, 4) is 6.07 Å². The first kappa shape index (κ1) is 11.1. The molecule has 3 heteroatoms. The van der Waals surface area contributed by atoms with Gasteiger partial charge in [-0.2, -0.15) is 5.26 Å². The molecule has 3 nitrogen and oxygen atoms in total. The zero-order valence-corrected chi connectivity index (χ0v) is 9.19. The van der Waals surface area contributed by atoms with Gasteiger partial charge in [0.15, 0.2) is 0 Å². The standard InChI is InChI=1S/C13H16N2O/c14-9-10-4-6-11(7-5-10)13(16)12-3-1-2-8-15-12/h4-7,12-13,15-16H,1-3,8H2. The van der Waals surface area contributed by atoms with Gasteiger partial charge in [0.1, 0.15) is 0 Å². The molecule has 0 aliphatic carbocycles. The lowest BCUT2D eigenvalue weighted by Crippen LogP contribution is -2.38. The number of hydrogen-bond donors (Lipinski definition) is 2. The van der Waals surface area contributed by atoms with E-state index in [0.717, 1.165) is 18.5 Å².